The summed E-state index contributed by atoms with van der Waals surface area (Å²) < 4.78 is 5.38. The summed E-state index contributed by atoms with van der Waals surface area (Å²) in [4.78, 5) is 14.8. The number of amides is 1. The molecule has 1 aliphatic rings. The molecule has 0 fully saturated rings. The molecule has 1 aromatic carbocycles. The molecule has 4 heteroatoms. The van der Waals surface area contributed by atoms with Crippen molar-refractivity contribution in [2.75, 3.05) is 7.11 Å². The summed E-state index contributed by atoms with van der Waals surface area (Å²) in [5, 5.41) is 3.24. The number of aryl methyl sites for hydroxylation is 2. The molecule has 0 atom stereocenters. The van der Waals surface area contributed by atoms with Crippen LogP contribution in [0.2, 0.25) is 0 Å². The Bertz CT molecular complexity index is 744. The number of carbonyl (C=O) groups is 1. The first-order chi connectivity index (χ1) is 12.2. The minimum absolute atomic E-state index is 0.0794. The normalized spacial score (nSPS) is 12.6. The summed E-state index contributed by atoms with van der Waals surface area (Å²) in [5.41, 5.74) is 3.86. The Morgan fingerprint density at radius 1 is 1.16 bits per heavy atom. The lowest BCUT2D eigenvalue weighted by molar-refractivity contribution is 0.0936. The number of hydrogen-bond acceptors (Lipinski definition) is 3. The molecule has 0 saturated carbocycles. The summed E-state index contributed by atoms with van der Waals surface area (Å²) in [7, 11) is 1.69. The molecule has 0 spiro atoms. The Morgan fingerprint density at radius 2 is 1.88 bits per heavy atom. The maximum Gasteiger partial charge on any atom is 0.261 e. The SMILES string of the molecule is CCCC(CCC)NC(=O)c1cc2c(s1)-c1cc(OC)ccc1CC2. The molecule has 1 aliphatic carbocycles. The second-order valence-electron chi connectivity index (χ2n) is 6.74. The van der Waals surface area contributed by atoms with Crippen LogP contribution in [0.1, 0.15) is 60.3 Å². The van der Waals surface area contributed by atoms with Gasteiger partial charge in [-0.1, -0.05) is 32.8 Å². The monoisotopic (exact) mass is 357 g/mol. The average Bonchev–Trinajstić information content (AvgIpc) is 3.06. The van der Waals surface area contributed by atoms with Gasteiger partial charge in [-0.25, -0.2) is 0 Å². The van der Waals surface area contributed by atoms with E-state index in [9.17, 15) is 4.79 Å². The first-order valence-electron chi connectivity index (χ1n) is 9.27. The summed E-state index contributed by atoms with van der Waals surface area (Å²) in [6.45, 7) is 4.34. The van der Waals surface area contributed by atoms with Gasteiger partial charge in [-0.15, -0.1) is 11.3 Å². The number of ether oxygens (including phenoxy) is 1. The van der Waals surface area contributed by atoms with Gasteiger partial charge in [0.15, 0.2) is 0 Å². The first kappa shape index (κ1) is 18.0. The lowest BCUT2D eigenvalue weighted by Gasteiger charge is -2.17. The van der Waals surface area contributed by atoms with E-state index < -0.39 is 0 Å². The third kappa shape index (κ3) is 3.90. The van der Waals surface area contributed by atoms with Crippen LogP contribution in [0, 0.1) is 0 Å². The van der Waals surface area contributed by atoms with Crippen LogP contribution >= 0.6 is 11.3 Å². The lowest BCUT2D eigenvalue weighted by atomic mass is 9.91. The van der Waals surface area contributed by atoms with Gasteiger partial charge < -0.3 is 10.1 Å². The minimum atomic E-state index is 0.0794. The second-order valence-corrected chi connectivity index (χ2v) is 7.79. The number of hydrogen-bond donors (Lipinski definition) is 1. The van der Waals surface area contributed by atoms with Crippen LogP contribution in [0.4, 0.5) is 0 Å². The van der Waals surface area contributed by atoms with Gasteiger partial charge in [0.2, 0.25) is 0 Å². The van der Waals surface area contributed by atoms with E-state index in [1.807, 2.05) is 6.07 Å². The Labute approximate surface area is 154 Å². The Morgan fingerprint density at radius 3 is 2.56 bits per heavy atom. The highest BCUT2D eigenvalue weighted by Gasteiger charge is 2.23. The fourth-order valence-corrected chi connectivity index (χ4v) is 4.74. The van der Waals surface area contributed by atoms with Crippen molar-refractivity contribution in [3.8, 4) is 16.2 Å². The quantitative estimate of drug-likeness (QED) is 0.738. The molecule has 3 rings (SSSR count). The number of methoxy groups -OCH3 is 1. The van der Waals surface area contributed by atoms with Crippen molar-refractivity contribution in [2.45, 2.75) is 58.4 Å². The molecule has 0 bridgehead atoms. The zero-order valence-corrected chi connectivity index (χ0v) is 16.2. The predicted molar refractivity (Wildman–Crippen MR) is 105 cm³/mol. The van der Waals surface area contributed by atoms with Crippen molar-refractivity contribution in [1.82, 2.24) is 5.32 Å². The van der Waals surface area contributed by atoms with Gasteiger partial charge in [0.25, 0.3) is 5.91 Å². The van der Waals surface area contributed by atoms with Crippen LogP contribution in [0.3, 0.4) is 0 Å². The summed E-state index contributed by atoms with van der Waals surface area (Å²) >= 11 is 1.62. The topological polar surface area (TPSA) is 38.3 Å². The number of rotatable bonds is 7. The van der Waals surface area contributed by atoms with Crippen LogP contribution < -0.4 is 10.1 Å². The van der Waals surface area contributed by atoms with Crippen LogP contribution in [-0.4, -0.2) is 19.1 Å². The van der Waals surface area contributed by atoms with E-state index >= 15 is 0 Å². The van der Waals surface area contributed by atoms with Crippen molar-refractivity contribution >= 4 is 17.2 Å². The molecule has 0 unspecified atom stereocenters. The maximum absolute atomic E-state index is 12.7. The molecule has 1 amide bonds. The van der Waals surface area contributed by atoms with Crippen LogP contribution in [0.5, 0.6) is 5.75 Å². The van der Waals surface area contributed by atoms with E-state index in [0.29, 0.717) is 0 Å². The van der Waals surface area contributed by atoms with Crippen molar-refractivity contribution in [1.29, 1.82) is 0 Å². The fourth-order valence-electron chi connectivity index (χ4n) is 3.58. The standard InChI is InChI=1S/C21H27NO2S/c1-4-6-16(7-5-2)22-21(23)19-12-15-9-8-14-10-11-17(24-3)13-18(14)20(15)25-19/h10-13,16H,4-9H2,1-3H3,(H,22,23). The molecule has 25 heavy (non-hydrogen) atoms. The third-order valence-corrected chi connectivity index (χ3v) is 6.08. The summed E-state index contributed by atoms with van der Waals surface area (Å²) in [6, 6.07) is 8.64. The highest BCUT2D eigenvalue weighted by atomic mass is 32.1. The molecular formula is C21H27NO2S. The van der Waals surface area contributed by atoms with Gasteiger partial charge in [0.1, 0.15) is 5.75 Å². The average molecular weight is 358 g/mol. The van der Waals surface area contributed by atoms with Gasteiger partial charge in [-0.2, -0.15) is 0 Å². The Balaban J connectivity index is 1.84. The lowest BCUT2D eigenvalue weighted by Crippen LogP contribution is -2.34. The minimum Gasteiger partial charge on any atom is -0.497 e. The Hall–Kier alpha value is -1.81. The van der Waals surface area contributed by atoms with Crippen molar-refractivity contribution < 1.29 is 9.53 Å². The van der Waals surface area contributed by atoms with E-state index in [0.717, 1.165) is 49.2 Å². The summed E-state index contributed by atoms with van der Waals surface area (Å²) in [6.07, 6.45) is 6.32. The smallest absolute Gasteiger partial charge is 0.261 e. The molecule has 134 valence electrons. The number of fused-ring (bicyclic) bond motifs is 3. The number of thiophene rings is 1. The van der Waals surface area contributed by atoms with E-state index in [4.69, 9.17) is 4.74 Å². The van der Waals surface area contributed by atoms with Gasteiger partial charge >= 0.3 is 0 Å². The first-order valence-corrected chi connectivity index (χ1v) is 10.1. The van der Waals surface area contributed by atoms with E-state index in [1.54, 1.807) is 18.4 Å². The molecule has 1 aromatic heterocycles. The van der Waals surface area contributed by atoms with Crippen molar-refractivity contribution in [2.24, 2.45) is 0 Å². The van der Waals surface area contributed by atoms with Gasteiger partial charge in [-0.3, -0.25) is 4.79 Å². The van der Waals surface area contributed by atoms with Gasteiger partial charge in [-0.05, 0) is 60.6 Å². The van der Waals surface area contributed by atoms with Crippen molar-refractivity contribution in [3.63, 3.8) is 0 Å². The number of carbonyl (C=O) groups excluding carboxylic acids is 1. The summed E-state index contributed by atoms with van der Waals surface area (Å²) in [5.74, 6) is 0.952. The third-order valence-electron chi connectivity index (χ3n) is 4.87. The van der Waals surface area contributed by atoms with Crippen molar-refractivity contribution in [3.05, 3.63) is 40.3 Å². The van der Waals surface area contributed by atoms with Gasteiger partial charge in [0, 0.05) is 10.9 Å². The van der Waals surface area contributed by atoms with Crippen LogP contribution in [0.25, 0.3) is 10.4 Å². The number of benzene rings is 1. The highest BCUT2D eigenvalue weighted by Crippen LogP contribution is 2.41. The van der Waals surface area contributed by atoms with Crippen LogP contribution in [-0.2, 0) is 12.8 Å². The van der Waals surface area contributed by atoms with Gasteiger partial charge in [0.05, 0.1) is 12.0 Å². The predicted octanol–water partition coefficient (Wildman–Crippen LogP) is 5.22. The molecule has 0 saturated heterocycles. The van der Waals surface area contributed by atoms with E-state index in [2.05, 4.69) is 37.4 Å². The molecule has 1 heterocycles. The van der Waals surface area contributed by atoms with Crippen LogP contribution in [0.15, 0.2) is 24.3 Å². The zero-order valence-electron chi connectivity index (χ0n) is 15.4. The largest absolute Gasteiger partial charge is 0.497 e. The number of nitrogens with one attached hydrogen (secondary N) is 1. The maximum atomic E-state index is 12.7. The molecule has 0 radical (unpaired) electrons. The molecular weight excluding hydrogens is 330 g/mol. The second kappa shape index (κ2) is 8.05. The molecule has 1 N–H and O–H groups in total. The fraction of sp³-hybridized carbons (Fsp3) is 0.476. The Kier molecular flexibility index (Phi) is 5.79. The molecule has 0 aliphatic heterocycles. The zero-order chi connectivity index (χ0) is 17.8. The highest BCUT2D eigenvalue weighted by molar-refractivity contribution is 7.17. The van der Waals surface area contributed by atoms with E-state index in [-0.39, 0.29) is 11.9 Å². The van der Waals surface area contributed by atoms with E-state index in [1.165, 1.54) is 21.6 Å². The molecule has 2 aromatic rings. The molecule has 3 nitrogen and oxygen atoms in total.